The monoisotopic (exact) mass is 617 g/mol. The van der Waals surface area contributed by atoms with Gasteiger partial charge in [0.15, 0.2) is 0 Å². The van der Waals surface area contributed by atoms with Crippen molar-refractivity contribution in [3.8, 4) is 11.1 Å². The van der Waals surface area contributed by atoms with Gasteiger partial charge < -0.3 is 14.4 Å². The number of nitrogens with zero attached hydrogens (tertiary/aromatic N) is 3. The van der Waals surface area contributed by atoms with Crippen LogP contribution in [0, 0.1) is 0 Å². The number of esters is 1. The number of carbonyl (C=O) groups excluding carboxylic acids is 4. The Kier molecular flexibility index (Phi) is 8.14. The summed E-state index contributed by atoms with van der Waals surface area (Å²) in [5, 5.41) is 1.21. The molecule has 3 amide bonds. The highest BCUT2D eigenvalue weighted by Crippen LogP contribution is 2.44. The molecule has 2 aromatic carbocycles. The van der Waals surface area contributed by atoms with Gasteiger partial charge in [0.05, 0.1) is 36.0 Å². The summed E-state index contributed by atoms with van der Waals surface area (Å²) in [6.07, 6.45) is 0.526. The van der Waals surface area contributed by atoms with Crippen LogP contribution in [0.5, 0.6) is 0 Å². The maximum Gasteiger partial charge on any atom is 0.410 e. The van der Waals surface area contributed by atoms with Crippen molar-refractivity contribution in [2.24, 2.45) is 0 Å². The molecule has 0 saturated carbocycles. The number of halogens is 1. The van der Waals surface area contributed by atoms with Gasteiger partial charge in [0.25, 0.3) is 0 Å². The average Bonchev–Trinajstić information content (AvgIpc) is 3.54. The number of fused-ring (bicyclic) bond motifs is 3. The molecule has 0 atom stereocenters. The lowest BCUT2D eigenvalue weighted by molar-refractivity contribution is -0.139. The minimum absolute atomic E-state index is 0.0269. The highest BCUT2D eigenvalue weighted by Gasteiger charge is 2.32. The molecule has 4 aromatic rings. The highest BCUT2D eigenvalue weighted by atomic mass is 35.5. The first kappa shape index (κ1) is 28.8. The molecular weight excluding hydrogens is 590 g/mol. The number of pyridine rings is 1. The van der Waals surface area contributed by atoms with Crippen LogP contribution in [0.4, 0.5) is 4.79 Å². The van der Waals surface area contributed by atoms with Crippen LogP contribution in [-0.4, -0.2) is 51.8 Å². The van der Waals surface area contributed by atoms with Gasteiger partial charge in [0.2, 0.25) is 11.8 Å². The van der Waals surface area contributed by atoms with Crippen molar-refractivity contribution >= 4 is 57.0 Å². The predicted molar refractivity (Wildman–Crippen MR) is 162 cm³/mol. The normalized spacial score (nSPS) is 14.7. The van der Waals surface area contributed by atoms with Gasteiger partial charge in [-0.15, -0.1) is 11.3 Å². The van der Waals surface area contributed by atoms with E-state index in [4.69, 9.17) is 26.1 Å². The zero-order valence-electron chi connectivity index (χ0n) is 23.4. The first-order chi connectivity index (χ1) is 20.8. The van der Waals surface area contributed by atoms with Gasteiger partial charge in [-0.3, -0.25) is 14.5 Å². The van der Waals surface area contributed by atoms with Crippen molar-refractivity contribution in [3.05, 3.63) is 86.9 Å². The van der Waals surface area contributed by atoms with Gasteiger partial charge in [0.1, 0.15) is 11.4 Å². The smallest absolute Gasteiger partial charge is 0.410 e. The summed E-state index contributed by atoms with van der Waals surface area (Å²) in [5.41, 5.74) is 4.27. The van der Waals surface area contributed by atoms with E-state index in [1.54, 1.807) is 24.0 Å². The minimum Gasteiger partial charge on any atom is -0.462 e. The molecule has 9 nitrogen and oxygen atoms in total. The van der Waals surface area contributed by atoms with Gasteiger partial charge >= 0.3 is 12.1 Å². The molecule has 0 N–H and O–H groups in total. The third kappa shape index (κ3) is 5.72. The lowest BCUT2D eigenvalue weighted by Gasteiger charge is -2.26. The second kappa shape index (κ2) is 12.1. The maximum atomic E-state index is 12.9. The molecular formula is C32H28ClN3O6S. The maximum absolute atomic E-state index is 12.9. The summed E-state index contributed by atoms with van der Waals surface area (Å²) in [4.78, 5) is 59.5. The van der Waals surface area contributed by atoms with Gasteiger partial charge in [-0.2, -0.15) is 0 Å². The lowest BCUT2D eigenvalue weighted by Crippen LogP contribution is -2.35. The zero-order chi connectivity index (χ0) is 30.1. The fourth-order valence-electron chi connectivity index (χ4n) is 5.43. The Morgan fingerprint density at radius 2 is 1.70 bits per heavy atom. The van der Waals surface area contributed by atoms with Crippen molar-refractivity contribution in [1.82, 2.24) is 14.8 Å². The van der Waals surface area contributed by atoms with Crippen LogP contribution in [0.25, 0.3) is 21.3 Å². The Hall–Kier alpha value is -4.28. The molecule has 0 spiro atoms. The quantitative estimate of drug-likeness (QED) is 0.181. The first-order valence-electron chi connectivity index (χ1n) is 14.0. The number of carbonyl (C=O) groups is 4. The SMILES string of the molecule is CCOC(=O)c1ccc(-c2c(Cl)c(CN3C(=O)CCC3=O)nc3sc4c(c23)CCN(C(=O)OCc2ccccc2)C4)cc1. The average molecular weight is 618 g/mol. The second-order valence-electron chi connectivity index (χ2n) is 10.3. The topological polar surface area (TPSA) is 106 Å². The number of thiophene rings is 1. The summed E-state index contributed by atoms with van der Waals surface area (Å²) in [7, 11) is 0. The zero-order valence-corrected chi connectivity index (χ0v) is 25.0. The number of aromatic nitrogens is 1. The van der Waals surface area contributed by atoms with E-state index in [2.05, 4.69) is 0 Å². The molecule has 0 bridgehead atoms. The van der Waals surface area contributed by atoms with Crippen LogP contribution in [0.1, 0.15) is 51.8 Å². The van der Waals surface area contributed by atoms with Crippen LogP contribution in [-0.2, 0) is 45.2 Å². The van der Waals surface area contributed by atoms with E-state index in [1.807, 2.05) is 42.5 Å². The van der Waals surface area contributed by atoms with Crippen molar-refractivity contribution in [3.63, 3.8) is 0 Å². The number of hydrogen-bond acceptors (Lipinski definition) is 8. The van der Waals surface area contributed by atoms with Gasteiger partial charge in [0, 0.05) is 35.2 Å². The Balaban J connectivity index is 1.37. The largest absolute Gasteiger partial charge is 0.462 e. The van der Waals surface area contributed by atoms with Crippen molar-refractivity contribution < 1.29 is 28.7 Å². The molecule has 1 saturated heterocycles. The van der Waals surface area contributed by atoms with Gasteiger partial charge in [-0.05, 0) is 42.2 Å². The van der Waals surface area contributed by atoms with Crippen molar-refractivity contribution in [2.75, 3.05) is 13.2 Å². The Labute approximate surface area is 257 Å². The van der Waals surface area contributed by atoms with E-state index >= 15 is 0 Å². The van der Waals surface area contributed by atoms with Crippen LogP contribution in [0.3, 0.4) is 0 Å². The molecule has 43 heavy (non-hydrogen) atoms. The minimum atomic E-state index is -0.418. The number of likely N-dealkylation sites (tertiary alicyclic amines) is 1. The van der Waals surface area contributed by atoms with E-state index < -0.39 is 5.97 Å². The summed E-state index contributed by atoms with van der Waals surface area (Å²) in [6.45, 7) is 3.01. The van der Waals surface area contributed by atoms with Crippen LogP contribution >= 0.6 is 22.9 Å². The Morgan fingerprint density at radius 1 is 0.977 bits per heavy atom. The highest BCUT2D eigenvalue weighted by molar-refractivity contribution is 7.19. The Morgan fingerprint density at radius 3 is 2.40 bits per heavy atom. The number of hydrogen-bond donors (Lipinski definition) is 0. The van der Waals surface area contributed by atoms with E-state index in [0.29, 0.717) is 46.2 Å². The summed E-state index contributed by atoms with van der Waals surface area (Å²) in [6, 6.07) is 16.5. The van der Waals surface area contributed by atoms with E-state index in [1.165, 1.54) is 16.2 Å². The number of rotatable bonds is 7. The summed E-state index contributed by atoms with van der Waals surface area (Å²) in [5.74, 6) is -0.921. The molecule has 4 heterocycles. The number of benzene rings is 2. The molecule has 1 fully saturated rings. The standard InChI is InChI=1S/C32H28ClN3O6S/c1-2-41-31(39)21-10-8-20(9-11-21)27-28-22-14-15-35(32(40)42-18-19-6-4-3-5-7-19)17-24(22)43-30(28)34-23(29(27)33)16-36-25(37)12-13-26(36)38/h3-11H,2,12-18H2,1H3. The van der Waals surface area contributed by atoms with E-state index in [0.717, 1.165) is 27.0 Å². The molecule has 0 radical (unpaired) electrons. The number of imide groups is 1. The molecule has 2 aliphatic heterocycles. The third-order valence-corrected chi connectivity index (χ3v) is 9.13. The Bertz CT molecular complexity index is 1720. The van der Waals surface area contributed by atoms with Crippen LogP contribution < -0.4 is 0 Å². The predicted octanol–water partition coefficient (Wildman–Crippen LogP) is 6.14. The lowest BCUT2D eigenvalue weighted by atomic mass is 9.95. The molecule has 6 rings (SSSR count). The third-order valence-electron chi connectivity index (χ3n) is 7.61. The summed E-state index contributed by atoms with van der Waals surface area (Å²) < 4.78 is 10.7. The second-order valence-corrected chi connectivity index (χ2v) is 11.8. The molecule has 220 valence electrons. The molecule has 2 aliphatic rings. The summed E-state index contributed by atoms with van der Waals surface area (Å²) >= 11 is 8.50. The van der Waals surface area contributed by atoms with Crippen LogP contribution in [0.2, 0.25) is 5.02 Å². The molecule has 0 unspecified atom stereocenters. The fourth-order valence-corrected chi connectivity index (χ4v) is 7.00. The van der Waals surface area contributed by atoms with Crippen molar-refractivity contribution in [2.45, 2.75) is 45.9 Å². The van der Waals surface area contributed by atoms with Gasteiger partial charge in [-0.25, -0.2) is 14.6 Å². The molecule has 11 heteroatoms. The number of ether oxygens (including phenoxy) is 2. The van der Waals surface area contributed by atoms with Gasteiger partial charge in [-0.1, -0.05) is 54.1 Å². The molecule has 0 aliphatic carbocycles. The first-order valence-corrected chi connectivity index (χ1v) is 15.2. The van der Waals surface area contributed by atoms with E-state index in [-0.39, 0.29) is 50.5 Å². The molecule has 2 aromatic heterocycles. The van der Waals surface area contributed by atoms with E-state index in [9.17, 15) is 19.2 Å². The number of amides is 3. The van der Waals surface area contributed by atoms with Crippen molar-refractivity contribution in [1.29, 1.82) is 0 Å². The fraction of sp³-hybridized carbons (Fsp3) is 0.281. The van der Waals surface area contributed by atoms with Crippen LogP contribution in [0.15, 0.2) is 54.6 Å².